The Labute approximate surface area is 111 Å². The van der Waals surface area contributed by atoms with Gasteiger partial charge in [0.1, 0.15) is 5.82 Å². The maximum absolute atomic E-state index is 12.1. The molecular weight excluding hydrogens is 242 g/mol. The van der Waals surface area contributed by atoms with Crippen LogP contribution in [0, 0.1) is 6.92 Å². The number of nitrogens with one attached hydrogen (secondary N) is 1. The van der Waals surface area contributed by atoms with Crippen molar-refractivity contribution < 1.29 is 4.79 Å². The number of nitrogen functional groups attached to an aromatic ring is 1. The van der Waals surface area contributed by atoms with Gasteiger partial charge in [-0.05, 0) is 26.0 Å². The third-order valence-corrected chi connectivity index (χ3v) is 2.66. The second kappa shape index (κ2) is 5.51. The van der Waals surface area contributed by atoms with Gasteiger partial charge in [0.2, 0.25) is 0 Å². The lowest BCUT2D eigenvalue weighted by molar-refractivity contribution is 0.0936. The van der Waals surface area contributed by atoms with E-state index >= 15 is 0 Å². The van der Waals surface area contributed by atoms with Crippen LogP contribution in [0.5, 0.6) is 0 Å². The summed E-state index contributed by atoms with van der Waals surface area (Å²) in [5, 5.41) is 2.92. The molecule has 1 atom stereocenters. The minimum Gasteiger partial charge on any atom is -0.384 e. The molecule has 0 aliphatic rings. The second-order valence-electron chi connectivity index (χ2n) is 4.56. The number of amides is 1. The average molecular weight is 259 g/mol. The summed E-state index contributed by atoms with van der Waals surface area (Å²) in [7, 11) is 0. The van der Waals surface area contributed by atoms with Crippen LogP contribution in [0.25, 0.3) is 0 Å². The fourth-order valence-corrected chi connectivity index (χ4v) is 1.89. The molecule has 0 saturated carbocycles. The Morgan fingerprint density at radius 2 is 2.32 bits per heavy atom. The number of rotatable bonds is 4. The van der Waals surface area contributed by atoms with Crippen molar-refractivity contribution >= 4 is 11.7 Å². The maximum Gasteiger partial charge on any atom is 0.251 e. The van der Waals surface area contributed by atoms with E-state index in [1.165, 1.54) is 0 Å². The highest BCUT2D eigenvalue weighted by Crippen LogP contribution is 2.07. The number of aryl methyl sites for hydroxylation is 1. The molecule has 19 heavy (non-hydrogen) atoms. The number of pyridine rings is 1. The molecule has 2 heterocycles. The van der Waals surface area contributed by atoms with Gasteiger partial charge < -0.3 is 15.6 Å². The molecule has 2 rings (SSSR count). The fourth-order valence-electron chi connectivity index (χ4n) is 1.89. The molecule has 0 radical (unpaired) electrons. The number of imidazole rings is 1. The number of carbonyl (C=O) groups excluding carboxylic acids is 1. The van der Waals surface area contributed by atoms with Gasteiger partial charge in [0.05, 0.1) is 6.33 Å². The fraction of sp³-hybridized carbons (Fsp3) is 0.308. The molecule has 2 aromatic heterocycles. The van der Waals surface area contributed by atoms with E-state index in [1.54, 1.807) is 24.7 Å². The predicted octanol–water partition coefficient (Wildman–Crippen LogP) is 0.987. The summed E-state index contributed by atoms with van der Waals surface area (Å²) < 4.78 is 1.91. The molecule has 0 bridgehead atoms. The number of carbonyl (C=O) groups is 1. The predicted molar refractivity (Wildman–Crippen MR) is 72.5 cm³/mol. The van der Waals surface area contributed by atoms with Crippen LogP contribution in [-0.2, 0) is 6.54 Å². The molecule has 100 valence electrons. The number of nitrogens with two attached hydrogens (primary N) is 1. The van der Waals surface area contributed by atoms with E-state index in [0.717, 1.165) is 5.69 Å². The lowest BCUT2D eigenvalue weighted by Crippen LogP contribution is -2.35. The van der Waals surface area contributed by atoms with Gasteiger partial charge in [-0.15, -0.1) is 0 Å². The normalized spacial score (nSPS) is 12.1. The first-order valence-corrected chi connectivity index (χ1v) is 6.05. The van der Waals surface area contributed by atoms with Gasteiger partial charge in [0.15, 0.2) is 0 Å². The number of anilines is 1. The Morgan fingerprint density at radius 1 is 1.53 bits per heavy atom. The Kier molecular flexibility index (Phi) is 3.79. The molecule has 0 spiro atoms. The van der Waals surface area contributed by atoms with Gasteiger partial charge in [-0.3, -0.25) is 4.79 Å². The van der Waals surface area contributed by atoms with E-state index in [2.05, 4.69) is 15.3 Å². The van der Waals surface area contributed by atoms with Gasteiger partial charge in [0, 0.05) is 36.2 Å². The Balaban J connectivity index is 2.00. The molecule has 2 aromatic rings. The Bertz CT molecular complexity index is 544. The van der Waals surface area contributed by atoms with Gasteiger partial charge in [-0.2, -0.15) is 0 Å². The van der Waals surface area contributed by atoms with E-state index in [1.807, 2.05) is 24.6 Å². The maximum atomic E-state index is 12.1. The SMILES string of the molecule is Cc1cc(C(=O)NC(C)Cn2ccnc2)cc(N)n1. The summed E-state index contributed by atoms with van der Waals surface area (Å²) in [6.45, 7) is 4.42. The number of hydrogen-bond acceptors (Lipinski definition) is 4. The Morgan fingerprint density at radius 3 is 2.95 bits per heavy atom. The summed E-state index contributed by atoms with van der Waals surface area (Å²) in [5.74, 6) is 0.206. The van der Waals surface area contributed by atoms with Crippen molar-refractivity contribution in [2.24, 2.45) is 0 Å². The molecule has 3 N–H and O–H groups in total. The van der Waals surface area contributed by atoms with Crippen molar-refractivity contribution in [3.8, 4) is 0 Å². The number of nitrogens with zero attached hydrogens (tertiary/aromatic N) is 3. The second-order valence-corrected chi connectivity index (χ2v) is 4.56. The molecule has 0 aromatic carbocycles. The summed E-state index contributed by atoms with van der Waals surface area (Å²) in [6.07, 6.45) is 5.29. The standard InChI is InChI=1S/C13H17N5O/c1-9-5-11(6-12(14)16-9)13(19)17-10(2)7-18-4-3-15-8-18/h3-6,8,10H,7H2,1-2H3,(H2,14,16)(H,17,19). The van der Waals surface area contributed by atoms with Crippen LogP contribution in [0.4, 0.5) is 5.82 Å². The highest BCUT2D eigenvalue weighted by Gasteiger charge is 2.11. The van der Waals surface area contributed by atoms with Crippen LogP contribution >= 0.6 is 0 Å². The van der Waals surface area contributed by atoms with Crippen molar-refractivity contribution in [3.05, 3.63) is 42.1 Å². The largest absolute Gasteiger partial charge is 0.384 e. The lowest BCUT2D eigenvalue weighted by atomic mass is 10.2. The van der Waals surface area contributed by atoms with Gasteiger partial charge in [-0.25, -0.2) is 9.97 Å². The van der Waals surface area contributed by atoms with Crippen molar-refractivity contribution in [2.75, 3.05) is 5.73 Å². The van der Waals surface area contributed by atoms with Crippen LogP contribution in [0.15, 0.2) is 30.9 Å². The molecule has 6 heteroatoms. The van der Waals surface area contributed by atoms with Gasteiger partial charge >= 0.3 is 0 Å². The third-order valence-electron chi connectivity index (χ3n) is 2.66. The van der Waals surface area contributed by atoms with Crippen molar-refractivity contribution in [3.63, 3.8) is 0 Å². The van der Waals surface area contributed by atoms with Gasteiger partial charge in [0.25, 0.3) is 5.91 Å². The topological polar surface area (TPSA) is 85.8 Å². The molecule has 1 amide bonds. The summed E-state index contributed by atoms with van der Waals surface area (Å²) >= 11 is 0. The van der Waals surface area contributed by atoms with Crippen LogP contribution in [-0.4, -0.2) is 26.5 Å². The van der Waals surface area contributed by atoms with Crippen molar-refractivity contribution in [1.29, 1.82) is 0 Å². The summed E-state index contributed by atoms with van der Waals surface area (Å²) in [4.78, 5) is 20.1. The molecule has 0 saturated heterocycles. The summed E-state index contributed by atoms with van der Waals surface area (Å²) in [5.41, 5.74) is 6.89. The average Bonchev–Trinajstić information content (AvgIpc) is 2.80. The smallest absolute Gasteiger partial charge is 0.251 e. The monoisotopic (exact) mass is 259 g/mol. The third kappa shape index (κ3) is 3.54. The molecular formula is C13H17N5O. The zero-order valence-corrected chi connectivity index (χ0v) is 11.0. The van der Waals surface area contributed by atoms with Crippen LogP contribution in [0.1, 0.15) is 23.0 Å². The first-order chi connectivity index (χ1) is 9.04. The highest BCUT2D eigenvalue weighted by atomic mass is 16.1. The first kappa shape index (κ1) is 13.1. The van der Waals surface area contributed by atoms with E-state index < -0.39 is 0 Å². The zero-order chi connectivity index (χ0) is 13.8. The summed E-state index contributed by atoms with van der Waals surface area (Å²) in [6, 6.07) is 3.29. The quantitative estimate of drug-likeness (QED) is 0.857. The van der Waals surface area contributed by atoms with E-state index in [9.17, 15) is 4.79 Å². The minimum absolute atomic E-state index is 0.00334. The molecule has 0 fully saturated rings. The van der Waals surface area contributed by atoms with E-state index in [-0.39, 0.29) is 11.9 Å². The first-order valence-electron chi connectivity index (χ1n) is 6.05. The molecule has 0 aliphatic carbocycles. The van der Waals surface area contributed by atoms with E-state index in [4.69, 9.17) is 5.73 Å². The zero-order valence-electron chi connectivity index (χ0n) is 11.0. The Hall–Kier alpha value is -2.37. The van der Waals surface area contributed by atoms with E-state index in [0.29, 0.717) is 17.9 Å². The molecule has 1 unspecified atom stereocenters. The van der Waals surface area contributed by atoms with Crippen molar-refractivity contribution in [1.82, 2.24) is 19.9 Å². The van der Waals surface area contributed by atoms with Crippen LogP contribution in [0.3, 0.4) is 0 Å². The number of aromatic nitrogens is 3. The minimum atomic E-state index is -0.148. The van der Waals surface area contributed by atoms with Crippen LogP contribution < -0.4 is 11.1 Å². The molecule has 0 aliphatic heterocycles. The van der Waals surface area contributed by atoms with Gasteiger partial charge in [-0.1, -0.05) is 0 Å². The lowest BCUT2D eigenvalue weighted by Gasteiger charge is -2.14. The highest BCUT2D eigenvalue weighted by molar-refractivity contribution is 5.95. The van der Waals surface area contributed by atoms with Crippen LogP contribution in [0.2, 0.25) is 0 Å². The molecule has 6 nitrogen and oxygen atoms in total. The van der Waals surface area contributed by atoms with Crippen molar-refractivity contribution in [2.45, 2.75) is 26.4 Å². The number of hydrogen-bond donors (Lipinski definition) is 2.